The van der Waals surface area contributed by atoms with E-state index in [4.69, 9.17) is 0 Å². The molecular weight excluding hydrogens is 344 g/mol. The number of aromatic nitrogens is 1. The van der Waals surface area contributed by atoms with Crippen molar-refractivity contribution in [3.8, 4) is 11.3 Å². The van der Waals surface area contributed by atoms with Crippen molar-refractivity contribution in [1.82, 2.24) is 4.98 Å². The summed E-state index contributed by atoms with van der Waals surface area (Å²) >= 11 is 1.42. The first-order valence-corrected chi connectivity index (χ1v) is 9.31. The molecule has 2 heterocycles. The predicted molar refractivity (Wildman–Crippen MR) is 107 cm³/mol. The molecule has 6 heteroatoms. The van der Waals surface area contributed by atoms with Crippen molar-refractivity contribution in [3.63, 3.8) is 0 Å². The Morgan fingerprint density at radius 1 is 1.12 bits per heavy atom. The van der Waals surface area contributed by atoms with E-state index in [9.17, 15) is 4.79 Å². The first-order valence-electron chi connectivity index (χ1n) is 8.43. The Morgan fingerprint density at radius 2 is 1.88 bits per heavy atom. The molecule has 4 rings (SSSR count). The van der Waals surface area contributed by atoms with Crippen LogP contribution < -0.4 is 10.3 Å². The number of nitrogens with zero attached hydrogens (tertiary/aromatic N) is 3. The maximum absolute atomic E-state index is 12.5. The average Bonchev–Trinajstić information content (AvgIpc) is 3.32. The third-order valence-electron chi connectivity index (χ3n) is 4.20. The molecule has 0 bridgehead atoms. The van der Waals surface area contributed by atoms with E-state index >= 15 is 0 Å². The SMILES string of the molecule is CC1=NN(c2ccc(C(=O)Nc3nc(-c4ccccc4)cs3)cc2)CC1. The number of hydrazone groups is 1. The summed E-state index contributed by atoms with van der Waals surface area (Å²) in [6.07, 6.45) is 0.982. The summed E-state index contributed by atoms with van der Waals surface area (Å²) in [5, 5.41) is 11.8. The van der Waals surface area contributed by atoms with E-state index in [1.165, 1.54) is 11.3 Å². The quantitative estimate of drug-likeness (QED) is 0.735. The van der Waals surface area contributed by atoms with Gasteiger partial charge in [0.15, 0.2) is 5.13 Å². The molecule has 0 saturated carbocycles. The van der Waals surface area contributed by atoms with Gasteiger partial charge in [-0.05, 0) is 31.2 Å². The van der Waals surface area contributed by atoms with Gasteiger partial charge in [-0.25, -0.2) is 4.98 Å². The van der Waals surface area contributed by atoms with Gasteiger partial charge in [0.1, 0.15) is 0 Å². The molecule has 0 atom stereocenters. The fourth-order valence-electron chi connectivity index (χ4n) is 2.79. The van der Waals surface area contributed by atoms with Gasteiger partial charge in [-0.3, -0.25) is 15.1 Å². The second-order valence-corrected chi connectivity index (χ2v) is 6.97. The van der Waals surface area contributed by atoms with E-state index in [2.05, 4.69) is 15.4 Å². The van der Waals surface area contributed by atoms with Crippen LogP contribution in [-0.4, -0.2) is 23.1 Å². The summed E-state index contributed by atoms with van der Waals surface area (Å²) in [5.74, 6) is -0.161. The van der Waals surface area contributed by atoms with Crippen molar-refractivity contribution >= 4 is 33.8 Å². The normalized spacial score (nSPS) is 13.6. The fourth-order valence-corrected chi connectivity index (χ4v) is 3.50. The fraction of sp³-hybridized carbons (Fsp3) is 0.150. The number of carbonyl (C=O) groups is 1. The predicted octanol–water partition coefficient (Wildman–Crippen LogP) is 4.65. The smallest absolute Gasteiger partial charge is 0.257 e. The van der Waals surface area contributed by atoms with Crippen molar-refractivity contribution in [1.29, 1.82) is 0 Å². The van der Waals surface area contributed by atoms with Crippen molar-refractivity contribution in [3.05, 3.63) is 65.5 Å². The Balaban J connectivity index is 1.44. The van der Waals surface area contributed by atoms with Gasteiger partial charge in [0, 0.05) is 35.2 Å². The maximum Gasteiger partial charge on any atom is 0.257 e. The molecule has 26 heavy (non-hydrogen) atoms. The van der Waals surface area contributed by atoms with Gasteiger partial charge in [-0.2, -0.15) is 5.10 Å². The summed E-state index contributed by atoms with van der Waals surface area (Å²) in [7, 11) is 0. The van der Waals surface area contributed by atoms with Crippen molar-refractivity contribution < 1.29 is 4.79 Å². The number of nitrogens with one attached hydrogen (secondary N) is 1. The molecule has 130 valence electrons. The highest BCUT2D eigenvalue weighted by Gasteiger charge is 2.14. The minimum Gasteiger partial charge on any atom is -0.298 e. The molecule has 1 amide bonds. The van der Waals surface area contributed by atoms with Crippen LogP contribution in [0.5, 0.6) is 0 Å². The molecular formula is C20H18N4OS. The molecule has 0 unspecified atom stereocenters. The average molecular weight is 362 g/mol. The maximum atomic E-state index is 12.5. The van der Waals surface area contributed by atoms with E-state index in [1.807, 2.05) is 71.9 Å². The third-order valence-corrected chi connectivity index (χ3v) is 4.96. The van der Waals surface area contributed by atoms with Crippen LogP contribution in [0.15, 0.2) is 65.1 Å². The van der Waals surface area contributed by atoms with Gasteiger partial charge < -0.3 is 0 Å². The molecule has 0 fully saturated rings. The number of anilines is 2. The van der Waals surface area contributed by atoms with Crippen molar-refractivity contribution in [2.45, 2.75) is 13.3 Å². The van der Waals surface area contributed by atoms with Crippen LogP contribution in [0.2, 0.25) is 0 Å². The Labute approximate surface area is 156 Å². The highest BCUT2D eigenvalue weighted by Crippen LogP contribution is 2.25. The van der Waals surface area contributed by atoms with Crippen molar-refractivity contribution in [2.24, 2.45) is 5.10 Å². The zero-order valence-corrected chi connectivity index (χ0v) is 15.2. The van der Waals surface area contributed by atoms with E-state index in [1.54, 1.807) is 0 Å². The molecule has 0 saturated heterocycles. The number of hydrogen-bond donors (Lipinski definition) is 1. The molecule has 0 aliphatic carbocycles. The van der Waals surface area contributed by atoms with Crippen LogP contribution in [-0.2, 0) is 0 Å². The lowest BCUT2D eigenvalue weighted by Crippen LogP contribution is -2.14. The summed E-state index contributed by atoms with van der Waals surface area (Å²) in [4.78, 5) is 17.0. The minimum absolute atomic E-state index is 0.161. The van der Waals surface area contributed by atoms with Gasteiger partial charge in [0.25, 0.3) is 5.91 Å². The largest absolute Gasteiger partial charge is 0.298 e. The highest BCUT2D eigenvalue weighted by molar-refractivity contribution is 7.14. The molecule has 1 aliphatic heterocycles. The first kappa shape index (κ1) is 16.5. The first-order chi connectivity index (χ1) is 12.7. The third kappa shape index (κ3) is 3.50. The van der Waals surface area contributed by atoms with Gasteiger partial charge in [-0.15, -0.1) is 11.3 Å². The summed E-state index contributed by atoms with van der Waals surface area (Å²) < 4.78 is 0. The number of carbonyl (C=O) groups excluding carboxylic acids is 1. The second kappa shape index (κ2) is 7.09. The number of benzene rings is 2. The Hall–Kier alpha value is -2.99. The molecule has 5 nitrogen and oxygen atoms in total. The Kier molecular flexibility index (Phi) is 4.50. The topological polar surface area (TPSA) is 57.6 Å². The zero-order chi connectivity index (χ0) is 17.9. The number of rotatable bonds is 4. The molecule has 0 radical (unpaired) electrons. The van der Waals surface area contributed by atoms with Crippen LogP contribution in [0.3, 0.4) is 0 Å². The van der Waals surface area contributed by atoms with Crippen LogP contribution in [0.1, 0.15) is 23.7 Å². The molecule has 3 aromatic rings. The number of thiazole rings is 1. The van der Waals surface area contributed by atoms with Crippen LogP contribution in [0, 0.1) is 0 Å². The van der Waals surface area contributed by atoms with E-state index in [-0.39, 0.29) is 5.91 Å². The summed E-state index contributed by atoms with van der Waals surface area (Å²) in [5.41, 5.74) is 4.63. The zero-order valence-electron chi connectivity index (χ0n) is 14.3. The lowest BCUT2D eigenvalue weighted by Gasteiger charge is -2.13. The van der Waals surface area contributed by atoms with E-state index in [0.717, 1.165) is 35.6 Å². The second-order valence-electron chi connectivity index (χ2n) is 6.11. The Bertz CT molecular complexity index is 947. The highest BCUT2D eigenvalue weighted by atomic mass is 32.1. The van der Waals surface area contributed by atoms with Crippen LogP contribution in [0.4, 0.5) is 10.8 Å². The molecule has 2 aromatic carbocycles. The lowest BCUT2D eigenvalue weighted by atomic mass is 10.2. The van der Waals surface area contributed by atoms with Gasteiger partial charge in [0.2, 0.25) is 0 Å². The van der Waals surface area contributed by atoms with Gasteiger partial charge >= 0.3 is 0 Å². The minimum atomic E-state index is -0.161. The monoisotopic (exact) mass is 362 g/mol. The molecule has 1 N–H and O–H groups in total. The lowest BCUT2D eigenvalue weighted by molar-refractivity contribution is 0.102. The standard InChI is InChI=1S/C20H18N4OS/c1-14-11-12-24(23-14)17-9-7-16(8-10-17)19(25)22-20-21-18(13-26-20)15-5-3-2-4-6-15/h2-10,13H,11-12H2,1H3,(H,21,22,25). The number of hydrogen-bond acceptors (Lipinski definition) is 5. The van der Waals surface area contributed by atoms with Gasteiger partial charge in [-0.1, -0.05) is 30.3 Å². The molecule has 0 spiro atoms. The van der Waals surface area contributed by atoms with Crippen LogP contribution >= 0.6 is 11.3 Å². The Morgan fingerprint density at radius 3 is 2.58 bits per heavy atom. The van der Waals surface area contributed by atoms with Crippen LogP contribution in [0.25, 0.3) is 11.3 Å². The molecule has 1 aliphatic rings. The van der Waals surface area contributed by atoms with Gasteiger partial charge in [0.05, 0.1) is 11.4 Å². The van der Waals surface area contributed by atoms with E-state index in [0.29, 0.717) is 10.7 Å². The summed E-state index contributed by atoms with van der Waals surface area (Å²) in [6, 6.07) is 17.4. The summed E-state index contributed by atoms with van der Waals surface area (Å²) in [6.45, 7) is 2.91. The van der Waals surface area contributed by atoms with Crippen molar-refractivity contribution in [2.75, 3.05) is 16.9 Å². The number of amides is 1. The molecule has 1 aromatic heterocycles. The van der Waals surface area contributed by atoms with E-state index < -0.39 is 0 Å².